The smallest absolute Gasteiger partial charge is 0.0663 e. The summed E-state index contributed by atoms with van der Waals surface area (Å²) in [5, 5.41) is 3.12. The summed E-state index contributed by atoms with van der Waals surface area (Å²) in [6, 6.07) is 4.55. The second-order valence-electron chi connectivity index (χ2n) is 4.13. The van der Waals surface area contributed by atoms with Crippen molar-refractivity contribution in [2.24, 2.45) is 0 Å². The summed E-state index contributed by atoms with van der Waals surface area (Å²) < 4.78 is 5.22. The highest BCUT2D eigenvalue weighted by Gasteiger charge is 2.12. The van der Waals surface area contributed by atoms with Gasteiger partial charge in [0.05, 0.1) is 12.3 Å². The van der Waals surface area contributed by atoms with Crippen molar-refractivity contribution in [1.29, 1.82) is 0 Å². The minimum Gasteiger partial charge on any atom is -0.383 e. The molecule has 1 aromatic heterocycles. The molecule has 0 radical (unpaired) electrons. The van der Waals surface area contributed by atoms with Gasteiger partial charge < -0.3 is 15.0 Å². The van der Waals surface area contributed by atoms with Crippen LogP contribution in [0.4, 0.5) is 5.69 Å². The van der Waals surface area contributed by atoms with Crippen LogP contribution in [-0.2, 0) is 11.3 Å². The van der Waals surface area contributed by atoms with E-state index in [4.69, 9.17) is 4.74 Å². The van der Waals surface area contributed by atoms with E-state index in [9.17, 15) is 0 Å². The zero-order valence-corrected chi connectivity index (χ0v) is 11.2. The lowest BCUT2D eigenvalue weighted by Gasteiger charge is -2.29. The third-order valence-electron chi connectivity index (χ3n) is 2.77. The third kappa shape index (κ3) is 3.98. The van der Waals surface area contributed by atoms with E-state index in [1.165, 1.54) is 5.69 Å². The predicted molar refractivity (Wildman–Crippen MR) is 71.4 cm³/mol. The Balaban J connectivity index is 2.83. The summed E-state index contributed by atoms with van der Waals surface area (Å²) in [6.45, 7) is 6.82. The Bertz CT molecular complexity index is 330. The highest BCUT2D eigenvalue weighted by Crippen LogP contribution is 2.17. The molecule has 0 aliphatic heterocycles. The van der Waals surface area contributed by atoms with Gasteiger partial charge in [-0.3, -0.25) is 4.98 Å². The fourth-order valence-electron chi connectivity index (χ4n) is 2.00. The summed E-state index contributed by atoms with van der Waals surface area (Å²) >= 11 is 0. The molecule has 1 heterocycles. The van der Waals surface area contributed by atoms with Gasteiger partial charge in [0.25, 0.3) is 0 Å². The lowest BCUT2D eigenvalue weighted by molar-refractivity contribution is 0.182. The summed E-state index contributed by atoms with van der Waals surface area (Å²) in [5.74, 6) is 0. The molecule has 1 atom stereocenters. The van der Waals surface area contributed by atoms with Crippen LogP contribution < -0.4 is 10.2 Å². The van der Waals surface area contributed by atoms with Crippen molar-refractivity contribution in [3.8, 4) is 0 Å². The quantitative estimate of drug-likeness (QED) is 0.782. The van der Waals surface area contributed by atoms with Crippen LogP contribution in [0.1, 0.15) is 19.5 Å². The Morgan fingerprint density at radius 2 is 2.29 bits per heavy atom. The molecular formula is C13H23N3O. The molecule has 1 rings (SSSR count). The molecule has 0 spiro atoms. The van der Waals surface area contributed by atoms with Gasteiger partial charge in [-0.25, -0.2) is 0 Å². The first-order valence-electron chi connectivity index (χ1n) is 6.08. The number of nitrogens with zero attached hydrogens (tertiary/aromatic N) is 2. The van der Waals surface area contributed by atoms with Crippen LogP contribution in [0.2, 0.25) is 0 Å². The lowest BCUT2D eigenvalue weighted by atomic mass is 10.2. The van der Waals surface area contributed by atoms with Crippen molar-refractivity contribution in [1.82, 2.24) is 10.3 Å². The topological polar surface area (TPSA) is 37.4 Å². The van der Waals surface area contributed by atoms with Crippen LogP contribution >= 0.6 is 0 Å². The number of methoxy groups -OCH3 is 1. The number of hydrogen-bond donors (Lipinski definition) is 1. The van der Waals surface area contributed by atoms with Crippen LogP contribution in [0, 0.1) is 0 Å². The van der Waals surface area contributed by atoms with E-state index < -0.39 is 0 Å². The minimum absolute atomic E-state index is 0.370. The zero-order valence-electron chi connectivity index (χ0n) is 11.2. The molecule has 0 amide bonds. The van der Waals surface area contributed by atoms with E-state index in [2.05, 4.69) is 41.2 Å². The van der Waals surface area contributed by atoms with Gasteiger partial charge in [0.1, 0.15) is 0 Å². The number of ether oxygens (including phenoxy) is 1. The van der Waals surface area contributed by atoms with E-state index in [1.54, 1.807) is 7.11 Å². The summed E-state index contributed by atoms with van der Waals surface area (Å²) in [4.78, 5) is 6.65. The van der Waals surface area contributed by atoms with Crippen LogP contribution in [-0.4, -0.2) is 38.3 Å². The van der Waals surface area contributed by atoms with Crippen molar-refractivity contribution < 1.29 is 4.74 Å². The van der Waals surface area contributed by atoms with Gasteiger partial charge in [-0.15, -0.1) is 0 Å². The largest absolute Gasteiger partial charge is 0.383 e. The Kier molecular flexibility index (Phi) is 5.94. The highest BCUT2D eigenvalue weighted by atomic mass is 16.5. The summed E-state index contributed by atoms with van der Waals surface area (Å²) in [5.41, 5.74) is 2.27. The van der Waals surface area contributed by atoms with Crippen LogP contribution in [0.3, 0.4) is 0 Å². The number of aromatic nitrogens is 1. The average Bonchev–Trinajstić information content (AvgIpc) is 2.31. The number of likely N-dealkylation sites (N-methyl/N-ethyl adjacent to an activating group) is 1. The van der Waals surface area contributed by atoms with Crippen LogP contribution in [0.25, 0.3) is 0 Å². The van der Waals surface area contributed by atoms with Gasteiger partial charge in [-0.1, -0.05) is 0 Å². The molecule has 0 aromatic carbocycles. The van der Waals surface area contributed by atoms with Gasteiger partial charge in [-0.05, 0) is 33.0 Å². The predicted octanol–water partition coefficient (Wildman–Crippen LogP) is 1.66. The Labute approximate surface area is 104 Å². The standard InChI is InChI=1S/C13H23N3O/c1-5-16(11(2)10-17-4)13-6-7-15-12(8-13)9-14-3/h6-8,11,14H,5,9-10H2,1-4H3. The Morgan fingerprint density at radius 1 is 1.53 bits per heavy atom. The molecule has 0 aliphatic carbocycles. The second kappa shape index (κ2) is 7.25. The molecule has 1 unspecified atom stereocenters. The normalized spacial score (nSPS) is 12.5. The number of pyridine rings is 1. The number of anilines is 1. The van der Waals surface area contributed by atoms with E-state index in [-0.39, 0.29) is 0 Å². The van der Waals surface area contributed by atoms with E-state index in [1.807, 2.05) is 13.2 Å². The van der Waals surface area contributed by atoms with Gasteiger partial charge in [-0.2, -0.15) is 0 Å². The van der Waals surface area contributed by atoms with Crippen LogP contribution in [0.15, 0.2) is 18.3 Å². The monoisotopic (exact) mass is 237 g/mol. The second-order valence-corrected chi connectivity index (χ2v) is 4.13. The molecule has 0 saturated heterocycles. The molecular weight excluding hydrogens is 214 g/mol. The van der Waals surface area contributed by atoms with Crippen molar-refractivity contribution in [3.05, 3.63) is 24.0 Å². The molecule has 4 heteroatoms. The Morgan fingerprint density at radius 3 is 2.88 bits per heavy atom. The maximum absolute atomic E-state index is 5.22. The van der Waals surface area contributed by atoms with Crippen molar-refractivity contribution in [2.45, 2.75) is 26.4 Å². The molecule has 0 aliphatic rings. The maximum atomic E-state index is 5.22. The minimum atomic E-state index is 0.370. The van der Waals surface area contributed by atoms with E-state index in [0.717, 1.165) is 25.4 Å². The first kappa shape index (κ1) is 13.9. The van der Waals surface area contributed by atoms with E-state index in [0.29, 0.717) is 6.04 Å². The molecule has 4 nitrogen and oxygen atoms in total. The molecule has 0 saturated carbocycles. The SMILES string of the molecule is CCN(c1ccnc(CNC)c1)C(C)COC. The molecule has 17 heavy (non-hydrogen) atoms. The van der Waals surface area contributed by atoms with Gasteiger partial charge in [0.2, 0.25) is 0 Å². The van der Waals surface area contributed by atoms with Gasteiger partial charge in [0.15, 0.2) is 0 Å². The van der Waals surface area contributed by atoms with Crippen molar-refractivity contribution in [2.75, 3.05) is 32.2 Å². The molecule has 96 valence electrons. The summed E-state index contributed by atoms with van der Waals surface area (Å²) in [7, 11) is 3.67. The number of rotatable bonds is 7. The summed E-state index contributed by atoms with van der Waals surface area (Å²) in [6.07, 6.45) is 1.87. The molecule has 0 fully saturated rings. The fourth-order valence-corrected chi connectivity index (χ4v) is 2.00. The van der Waals surface area contributed by atoms with Crippen LogP contribution in [0.5, 0.6) is 0 Å². The average molecular weight is 237 g/mol. The van der Waals surface area contributed by atoms with Gasteiger partial charge >= 0.3 is 0 Å². The first-order valence-corrected chi connectivity index (χ1v) is 6.08. The van der Waals surface area contributed by atoms with E-state index >= 15 is 0 Å². The number of nitrogens with one attached hydrogen (secondary N) is 1. The fraction of sp³-hybridized carbons (Fsp3) is 0.615. The number of hydrogen-bond acceptors (Lipinski definition) is 4. The van der Waals surface area contributed by atoms with Gasteiger partial charge in [0, 0.05) is 38.1 Å². The molecule has 1 aromatic rings. The lowest BCUT2D eigenvalue weighted by Crippen LogP contribution is -2.36. The Hall–Kier alpha value is -1.13. The third-order valence-corrected chi connectivity index (χ3v) is 2.77. The molecule has 0 bridgehead atoms. The molecule has 1 N–H and O–H groups in total. The van der Waals surface area contributed by atoms with Crippen molar-refractivity contribution in [3.63, 3.8) is 0 Å². The maximum Gasteiger partial charge on any atom is 0.0663 e. The zero-order chi connectivity index (χ0) is 12.7. The first-order chi connectivity index (χ1) is 8.22. The highest BCUT2D eigenvalue weighted by molar-refractivity contribution is 5.47. The van der Waals surface area contributed by atoms with Crippen molar-refractivity contribution >= 4 is 5.69 Å².